The normalized spacial score (nSPS) is 13.2. The van der Waals surface area contributed by atoms with Gasteiger partial charge in [-0.05, 0) is 40.2 Å². The summed E-state index contributed by atoms with van der Waals surface area (Å²) in [5.41, 5.74) is -0.438. The molecule has 0 aromatic heterocycles. The van der Waals surface area contributed by atoms with Crippen molar-refractivity contribution in [3.05, 3.63) is 0 Å². The molecule has 0 saturated heterocycles. The molecule has 108 valence electrons. The van der Waals surface area contributed by atoms with Crippen LogP contribution in [0.1, 0.15) is 40.5 Å². The minimum atomic E-state index is -0.438. The Morgan fingerprint density at radius 3 is 2.50 bits per heavy atom. The first kappa shape index (κ1) is 17.2. The van der Waals surface area contributed by atoms with E-state index in [1.54, 1.807) is 7.11 Å². The summed E-state index contributed by atoms with van der Waals surface area (Å²) >= 11 is 0. The summed E-state index contributed by atoms with van der Waals surface area (Å²) in [5, 5.41) is 6.09. The van der Waals surface area contributed by atoms with Crippen molar-refractivity contribution in [2.24, 2.45) is 0 Å². The second-order valence-electron chi connectivity index (χ2n) is 5.28. The molecule has 0 aliphatic carbocycles. The summed E-state index contributed by atoms with van der Waals surface area (Å²) in [7, 11) is 1.70. The fraction of sp³-hybridized carbons (Fsp3) is 0.923. The number of likely N-dealkylation sites (N-methyl/N-ethyl adjacent to an activating group) is 1. The number of hydrogen-bond acceptors (Lipinski definition) is 4. The van der Waals surface area contributed by atoms with E-state index in [2.05, 4.69) is 17.6 Å². The van der Waals surface area contributed by atoms with Gasteiger partial charge in [0.05, 0.1) is 6.61 Å². The zero-order chi connectivity index (χ0) is 14.0. The summed E-state index contributed by atoms with van der Waals surface area (Å²) in [6, 6.07) is 0.348. The van der Waals surface area contributed by atoms with E-state index < -0.39 is 5.60 Å². The summed E-state index contributed by atoms with van der Waals surface area (Å²) in [6.07, 6.45) is 1.52. The number of alkyl carbamates (subject to hydrolysis) is 1. The maximum Gasteiger partial charge on any atom is 0.407 e. The van der Waals surface area contributed by atoms with Crippen LogP contribution in [0.2, 0.25) is 0 Å². The molecule has 1 atom stereocenters. The Hall–Kier alpha value is -0.810. The van der Waals surface area contributed by atoms with E-state index in [9.17, 15) is 4.79 Å². The highest BCUT2D eigenvalue weighted by Gasteiger charge is 2.15. The van der Waals surface area contributed by atoms with Crippen molar-refractivity contribution in [1.82, 2.24) is 10.6 Å². The molecule has 0 heterocycles. The average Bonchev–Trinajstić information content (AvgIpc) is 2.22. The molecule has 0 bridgehead atoms. The van der Waals surface area contributed by atoms with Gasteiger partial charge in [0, 0.05) is 19.7 Å². The molecule has 5 heteroatoms. The third-order valence-corrected chi connectivity index (χ3v) is 2.26. The van der Waals surface area contributed by atoms with Gasteiger partial charge >= 0.3 is 6.09 Å². The van der Waals surface area contributed by atoms with Crippen LogP contribution in [0.4, 0.5) is 4.79 Å². The minimum absolute atomic E-state index is 0.348. The Morgan fingerprint density at radius 2 is 2.00 bits per heavy atom. The van der Waals surface area contributed by atoms with Crippen LogP contribution in [-0.4, -0.2) is 44.5 Å². The highest BCUT2D eigenvalue weighted by molar-refractivity contribution is 5.67. The van der Waals surface area contributed by atoms with Crippen LogP contribution in [0.5, 0.6) is 0 Å². The van der Waals surface area contributed by atoms with Crippen LogP contribution in [0.3, 0.4) is 0 Å². The van der Waals surface area contributed by atoms with Gasteiger partial charge in [-0.2, -0.15) is 0 Å². The topological polar surface area (TPSA) is 59.6 Å². The second-order valence-corrected chi connectivity index (χ2v) is 5.28. The Kier molecular flexibility index (Phi) is 8.75. The molecule has 1 amide bonds. The van der Waals surface area contributed by atoms with E-state index in [4.69, 9.17) is 9.47 Å². The van der Waals surface area contributed by atoms with Crippen molar-refractivity contribution in [1.29, 1.82) is 0 Å². The zero-order valence-corrected chi connectivity index (χ0v) is 12.3. The average molecular weight is 260 g/mol. The van der Waals surface area contributed by atoms with E-state index in [-0.39, 0.29) is 6.09 Å². The van der Waals surface area contributed by atoms with E-state index in [0.29, 0.717) is 19.2 Å². The Bertz CT molecular complexity index is 221. The van der Waals surface area contributed by atoms with E-state index >= 15 is 0 Å². The quantitative estimate of drug-likeness (QED) is 0.655. The molecule has 0 fully saturated rings. The van der Waals surface area contributed by atoms with Crippen LogP contribution in [0.25, 0.3) is 0 Å². The van der Waals surface area contributed by atoms with Crippen LogP contribution < -0.4 is 10.6 Å². The van der Waals surface area contributed by atoms with Crippen LogP contribution in [0.15, 0.2) is 0 Å². The van der Waals surface area contributed by atoms with Gasteiger partial charge in [0.2, 0.25) is 0 Å². The zero-order valence-electron chi connectivity index (χ0n) is 12.3. The molecule has 0 rings (SSSR count). The van der Waals surface area contributed by atoms with Crippen molar-refractivity contribution in [2.45, 2.75) is 52.2 Å². The number of ether oxygens (including phenoxy) is 2. The van der Waals surface area contributed by atoms with Gasteiger partial charge in [-0.1, -0.05) is 6.92 Å². The van der Waals surface area contributed by atoms with Crippen molar-refractivity contribution in [2.75, 3.05) is 26.8 Å². The van der Waals surface area contributed by atoms with Gasteiger partial charge in [-0.25, -0.2) is 4.79 Å². The van der Waals surface area contributed by atoms with Crippen LogP contribution in [-0.2, 0) is 9.47 Å². The molecule has 0 aromatic carbocycles. The third-order valence-electron chi connectivity index (χ3n) is 2.26. The first-order valence-corrected chi connectivity index (χ1v) is 6.58. The lowest BCUT2D eigenvalue weighted by molar-refractivity contribution is 0.0526. The smallest absolute Gasteiger partial charge is 0.407 e. The van der Waals surface area contributed by atoms with Gasteiger partial charge in [0.25, 0.3) is 0 Å². The van der Waals surface area contributed by atoms with E-state index in [1.165, 1.54) is 0 Å². The number of amides is 1. The van der Waals surface area contributed by atoms with E-state index in [1.807, 2.05) is 20.8 Å². The number of hydrogen-bond donors (Lipinski definition) is 2. The van der Waals surface area contributed by atoms with Gasteiger partial charge in [-0.15, -0.1) is 0 Å². The molecule has 0 aliphatic heterocycles. The fourth-order valence-corrected chi connectivity index (χ4v) is 1.59. The summed E-state index contributed by atoms with van der Waals surface area (Å²) in [4.78, 5) is 11.4. The van der Waals surface area contributed by atoms with Crippen molar-refractivity contribution < 1.29 is 14.3 Å². The van der Waals surface area contributed by atoms with Crippen molar-refractivity contribution in [3.8, 4) is 0 Å². The lowest BCUT2D eigenvalue weighted by atomic mass is 10.1. The minimum Gasteiger partial charge on any atom is -0.444 e. The highest BCUT2D eigenvalue weighted by Crippen LogP contribution is 2.06. The number of carbonyl (C=O) groups is 1. The van der Waals surface area contributed by atoms with Crippen molar-refractivity contribution >= 4 is 6.09 Å². The highest BCUT2D eigenvalue weighted by atomic mass is 16.6. The molecule has 0 saturated carbocycles. The molecule has 5 nitrogen and oxygen atoms in total. The Balaban J connectivity index is 3.67. The molecular weight excluding hydrogens is 232 g/mol. The fourth-order valence-electron chi connectivity index (χ4n) is 1.59. The standard InChI is InChI=1S/C13H28N2O3/c1-6-14-11(10-17-5)8-7-9-15-12(16)18-13(2,3)4/h11,14H,6-10H2,1-5H3,(H,15,16). The molecule has 1 unspecified atom stereocenters. The van der Waals surface area contributed by atoms with Gasteiger partial charge in [-0.3, -0.25) is 0 Å². The SMILES string of the molecule is CCNC(CCCNC(=O)OC(C)(C)C)COC. The lowest BCUT2D eigenvalue weighted by Crippen LogP contribution is -2.35. The second kappa shape index (κ2) is 9.16. The molecule has 0 aromatic rings. The first-order valence-electron chi connectivity index (χ1n) is 6.58. The molecule has 0 radical (unpaired) electrons. The number of nitrogens with one attached hydrogen (secondary N) is 2. The van der Waals surface area contributed by atoms with Crippen LogP contribution in [0, 0.1) is 0 Å². The van der Waals surface area contributed by atoms with Gasteiger partial charge < -0.3 is 20.1 Å². The summed E-state index contributed by atoms with van der Waals surface area (Å²) < 4.78 is 10.3. The van der Waals surface area contributed by atoms with Gasteiger partial charge in [0.1, 0.15) is 5.60 Å². The monoisotopic (exact) mass is 260 g/mol. The molecular formula is C13H28N2O3. The van der Waals surface area contributed by atoms with E-state index in [0.717, 1.165) is 19.4 Å². The lowest BCUT2D eigenvalue weighted by Gasteiger charge is -2.20. The number of methoxy groups -OCH3 is 1. The largest absolute Gasteiger partial charge is 0.444 e. The van der Waals surface area contributed by atoms with Gasteiger partial charge in [0.15, 0.2) is 0 Å². The van der Waals surface area contributed by atoms with Crippen molar-refractivity contribution in [3.63, 3.8) is 0 Å². The third kappa shape index (κ3) is 10.4. The van der Waals surface area contributed by atoms with Crippen LogP contribution >= 0.6 is 0 Å². The predicted molar refractivity (Wildman–Crippen MR) is 72.8 cm³/mol. The molecule has 18 heavy (non-hydrogen) atoms. The molecule has 0 spiro atoms. The number of rotatable bonds is 8. The summed E-state index contributed by atoms with van der Waals surface area (Å²) in [5.74, 6) is 0. The Labute approximate surface area is 111 Å². The number of carbonyl (C=O) groups excluding carboxylic acids is 1. The summed E-state index contributed by atoms with van der Waals surface area (Å²) in [6.45, 7) is 9.88. The predicted octanol–water partition coefficient (Wildman–Crippen LogP) is 1.92. The first-order chi connectivity index (χ1) is 8.39. The molecule has 0 aliphatic rings. The maximum atomic E-state index is 11.4. The Morgan fingerprint density at radius 1 is 1.33 bits per heavy atom. The maximum absolute atomic E-state index is 11.4. The molecule has 2 N–H and O–H groups in total.